The van der Waals surface area contributed by atoms with Crippen LogP contribution in [0.3, 0.4) is 0 Å². The first-order valence-electron chi connectivity index (χ1n) is 12.3. The van der Waals surface area contributed by atoms with Crippen LogP contribution in [-0.4, -0.2) is 71.1 Å². The molecular formula is C26H32N6O6. The molecule has 1 fully saturated rings. The number of nitrogens with zero attached hydrogens (tertiary/aromatic N) is 6. The summed E-state index contributed by atoms with van der Waals surface area (Å²) in [7, 11) is 1.56. The minimum absolute atomic E-state index is 0.0503. The smallest absolute Gasteiger partial charge is 0.186 e. The van der Waals surface area contributed by atoms with Crippen molar-refractivity contribution in [2.24, 2.45) is 5.11 Å². The molecule has 38 heavy (non-hydrogen) atoms. The number of benzene rings is 2. The van der Waals surface area contributed by atoms with Crippen molar-refractivity contribution in [1.82, 2.24) is 15.0 Å². The second-order valence-corrected chi connectivity index (χ2v) is 8.82. The zero-order valence-corrected chi connectivity index (χ0v) is 21.2. The molecule has 3 aromatic rings. The predicted molar refractivity (Wildman–Crippen MR) is 135 cm³/mol. The van der Waals surface area contributed by atoms with Crippen LogP contribution in [0.5, 0.6) is 0 Å². The number of hydrogen-bond donors (Lipinski definition) is 1. The summed E-state index contributed by atoms with van der Waals surface area (Å²) in [5, 5.41) is 21.4. The van der Waals surface area contributed by atoms with Crippen LogP contribution >= 0.6 is 0 Å². The molecular weight excluding hydrogens is 492 g/mol. The lowest BCUT2D eigenvalue weighted by Crippen LogP contribution is -2.39. The average molecular weight is 525 g/mol. The van der Waals surface area contributed by atoms with Crippen LogP contribution in [0.4, 0.5) is 0 Å². The molecule has 2 aromatic carbocycles. The molecule has 1 N–H and O–H groups in total. The Bertz CT molecular complexity index is 1140. The second kappa shape index (κ2) is 14.6. The SMILES string of the molecule is CO[C@H]1O[C@H](COCc2ccccc2)[C@H](OCc2ccccc2)[C@H]1OCc1cn(CC(O)CN=[N+]=[N-])nn1. The molecule has 12 heteroatoms. The molecule has 12 nitrogen and oxygen atoms in total. The van der Waals surface area contributed by atoms with E-state index in [1.54, 1.807) is 13.3 Å². The van der Waals surface area contributed by atoms with E-state index < -0.39 is 30.7 Å². The topological polar surface area (TPSA) is 146 Å². The number of ether oxygens (including phenoxy) is 5. The van der Waals surface area contributed by atoms with Crippen molar-refractivity contribution in [2.75, 3.05) is 20.3 Å². The minimum Gasteiger partial charge on any atom is -0.391 e. The molecule has 0 aliphatic carbocycles. The molecule has 0 amide bonds. The third-order valence-electron chi connectivity index (χ3n) is 5.94. The highest BCUT2D eigenvalue weighted by Crippen LogP contribution is 2.29. The van der Waals surface area contributed by atoms with Gasteiger partial charge >= 0.3 is 0 Å². The van der Waals surface area contributed by atoms with Crippen molar-refractivity contribution in [1.29, 1.82) is 0 Å². The Morgan fingerprint density at radius 1 is 1.03 bits per heavy atom. The lowest BCUT2D eigenvalue weighted by atomic mass is 10.1. The summed E-state index contributed by atoms with van der Waals surface area (Å²) in [5.41, 5.74) is 11.1. The Labute approximate surface area is 220 Å². The molecule has 0 bridgehead atoms. The predicted octanol–water partition coefficient (Wildman–Crippen LogP) is 3.01. The average Bonchev–Trinajstić information content (AvgIpc) is 3.54. The van der Waals surface area contributed by atoms with Gasteiger partial charge in [-0.3, -0.25) is 0 Å². The maximum absolute atomic E-state index is 9.93. The molecule has 2 heterocycles. The van der Waals surface area contributed by atoms with E-state index in [1.807, 2.05) is 60.7 Å². The van der Waals surface area contributed by atoms with Crippen molar-refractivity contribution in [3.8, 4) is 0 Å². The second-order valence-electron chi connectivity index (χ2n) is 8.82. The Morgan fingerprint density at radius 2 is 1.71 bits per heavy atom. The van der Waals surface area contributed by atoms with Crippen molar-refractivity contribution < 1.29 is 28.8 Å². The molecule has 1 aromatic heterocycles. The van der Waals surface area contributed by atoms with E-state index in [9.17, 15) is 5.11 Å². The fourth-order valence-corrected chi connectivity index (χ4v) is 4.11. The van der Waals surface area contributed by atoms with Crippen molar-refractivity contribution >= 4 is 0 Å². The maximum Gasteiger partial charge on any atom is 0.186 e. The summed E-state index contributed by atoms with van der Waals surface area (Å²) in [6.45, 7) is 1.34. The van der Waals surface area contributed by atoms with Gasteiger partial charge in [0.25, 0.3) is 0 Å². The Balaban J connectivity index is 1.39. The normalized spacial score (nSPS) is 21.7. The van der Waals surface area contributed by atoms with E-state index in [1.165, 1.54) is 4.68 Å². The van der Waals surface area contributed by atoms with Gasteiger partial charge in [0, 0.05) is 12.0 Å². The minimum atomic E-state index is -0.866. The first kappa shape index (κ1) is 27.7. The summed E-state index contributed by atoms with van der Waals surface area (Å²) in [6.07, 6.45) is -1.29. The van der Waals surface area contributed by atoms with Gasteiger partial charge in [0.1, 0.15) is 24.0 Å². The first-order valence-corrected chi connectivity index (χ1v) is 12.3. The molecule has 5 atom stereocenters. The van der Waals surface area contributed by atoms with Crippen molar-refractivity contribution in [2.45, 2.75) is 57.1 Å². The van der Waals surface area contributed by atoms with Gasteiger partial charge in [-0.2, -0.15) is 0 Å². The molecule has 1 aliphatic rings. The lowest BCUT2D eigenvalue weighted by Gasteiger charge is -2.24. The zero-order valence-electron chi connectivity index (χ0n) is 21.2. The Hall–Kier alpha value is -3.35. The van der Waals surface area contributed by atoms with Crippen molar-refractivity contribution in [3.63, 3.8) is 0 Å². The third-order valence-corrected chi connectivity index (χ3v) is 5.94. The van der Waals surface area contributed by atoms with E-state index in [0.29, 0.717) is 25.5 Å². The molecule has 1 saturated heterocycles. The summed E-state index contributed by atoms with van der Waals surface area (Å²) in [6, 6.07) is 19.8. The third kappa shape index (κ3) is 8.07. The molecule has 0 saturated carbocycles. The Kier molecular flexibility index (Phi) is 10.6. The van der Waals surface area contributed by atoms with Crippen LogP contribution in [0, 0.1) is 0 Å². The number of aliphatic hydroxyl groups excluding tert-OH is 1. The van der Waals surface area contributed by atoms with Gasteiger partial charge in [-0.25, -0.2) is 4.68 Å². The Morgan fingerprint density at radius 3 is 2.39 bits per heavy atom. The van der Waals surface area contributed by atoms with Gasteiger partial charge < -0.3 is 28.8 Å². The summed E-state index contributed by atoms with van der Waals surface area (Å²) >= 11 is 0. The number of aliphatic hydroxyl groups is 1. The number of aromatic nitrogens is 3. The lowest BCUT2D eigenvalue weighted by molar-refractivity contribution is -0.171. The van der Waals surface area contributed by atoms with E-state index in [4.69, 9.17) is 29.2 Å². The van der Waals surface area contributed by atoms with Crippen LogP contribution in [0.25, 0.3) is 10.4 Å². The summed E-state index contributed by atoms with van der Waals surface area (Å²) in [5.74, 6) is 0. The highest BCUT2D eigenvalue weighted by molar-refractivity contribution is 5.14. The monoisotopic (exact) mass is 524 g/mol. The highest BCUT2D eigenvalue weighted by atomic mass is 16.7. The molecule has 1 aliphatic heterocycles. The fourth-order valence-electron chi connectivity index (χ4n) is 4.11. The summed E-state index contributed by atoms with van der Waals surface area (Å²) < 4.78 is 31.7. The van der Waals surface area contributed by atoms with Crippen LogP contribution in [0.15, 0.2) is 72.0 Å². The quantitative estimate of drug-likeness (QED) is 0.181. The van der Waals surface area contributed by atoms with Gasteiger partial charge in [0.2, 0.25) is 0 Å². The first-order chi connectivity index (χ1) is 18.7. The van der Waals surface area contributed by atoms with Crippen LogP contribution in [-0.2, 0) is 50.0 Å². The van der Waals surface area contributed by atoms with Gasteiger partial charge in [-0.05, 0) is 16.7 Å². The van der Waals surface area contributed by atoms with Gasteiger partial charge in [0.05, 0.1) is 51.8 Å². The molecule has 0 radical (unpaired) electrons. The largest absolute Gasteiger partial charge is 0.391 e. The van der Waals surface area contributed by atoms with Gasteiger partial charge in [0.15, 0.2) is 6.29 Å². The number of methoxy groups -OCH3 is 1. The summed E-state index contributed by atoms with van der Waals surface area (Å²) in [4.78, 5) is 2.65. The standard InChI is InChI=1S/C26H32N6O6/c1-34-26-25(37-17-21-13-32(31-29-21)14-22(33)12-28-30-27)24(36-16-20-10-6-3-7-11-20)23(38-26)18-35-15-19-8-4-2-5-9-19/h2-11,13,22-26,33H,12,14-18H2,1H3/t22?,23-,24+,25-,26+/m1/s1. The zero-order chi connectivity index (χ0) is 26.6. The van der Waals surface area contributed by atoms with Crippen LogP contribution in [0.2, 0.25) is 0 Å². The van der Waals surface area contributed by atoms with Gasteiger partial charge in [-0.15, -0.1) is 5.10 Å². The number of hydrogen-bond acceptors (Lipinski definition) is 9. The van der Waals surface area contributed by atoms with E-state index in [0.717, 1.165) is 11.1 Å². The fraction of sp³-hybridized carbons (Fsp3) is 0.462. The molecule has 0 spiro atoms. The van der Waals surface area contributed by atoms with Crippen molar-refractivity contribution in [3.05, 3.63) is 94.1 Å². The molecule has 202 valence electrons. The van der Waals surface area contributed by atoms with E-state index in [-0.39, 0.29) is 19.7 Å². The van der Waals surface area contributed by atoms with E-state index >= 15 is 0 Å². The molecule has 1 unspecified atom stereocenters. The number of azide groups is 1. The van der Waals surface area contributed by atoms with Gasteiger partial charge in [-0.1, -0.05) is 71.0 Å². The highest BCUT2D eigenvalue weighted by Gasteiger charge is 2.47. The van der Waals surface area contributed by atoms with Crippen LogP contribution < -0.4 is 0 Å². The van der Waals surface area contributed by atoms with E-state index in [2.05, 4.69) is 20.3 Å². The van der Waals surface area contributed by atoms with Crippen LogP contribution in [0.1, 0.15) is 16.8 Å². The maximum atomic E-state index is 9.93. The molecule has 4 rings (SSSR count). The number of rotatable bonds is 15.